The maximum absolute atomic E-state index is 11.0. The Labute approximate surface area is 92.8 Å². The Morgan fingerprint density at radius 1 is 1.62 bits per heavy atom. The van der Waals surface area contributed by atoms with Gasteiger partial charge < -0.3 is 14.0 Å². The summed E-state index contributed by atoms with van der Waals surface area (Å²) in [6.07, 6.45) is 0.806. The van der Waals surface area contributed by atoms with E-state index >= 15 is 0 Å². The van der Waals surface area contributed by atoms with Crippen molar-refractivity contribution in [2.45, 2.75) is 13.0 Å². The minimum absolute atomic E-state index is 0.137. The largest absolute Gasteiger partial charge is 0.385 e. The second-order valence-corrected chi connectivity index (χ2v) is 3.05. The molecule has 0 saturated heterocycles. The van der Waals surface area contributed by atoms with Gasteiger partial charge >= 0.3 is 0 Å². The molecular weight excluding hydrogens is 214 g/mol. The predicted octanol–water partition coefficient (Wildman–Crippen LogP) is -0.169. The van der Waals surface area contributed by atoms with Crippen molar-refractivity contribution in [2.75, 3.05) is 20.3 Å². The number of hydrogen-bond donors (Lipinski definition) is 2. The SMILES string of the molecule is COCCCOCc1cc(C(=O)NN)no1. The lowest BCUT2D eigenvalue weighted by atomic mass is 10.3. The zero-order valence-corrected chi connectivity index (χ0v) is 9.06. The van der Waals surface area contributed by atoms with E-state index in [0.29, 0.717) is 19.0 Å². The number of methoxy groups -OCH3 is 1. The van der Waals surface area contributed by atoms with E-state index in [1.807, 2.05) is 5.43 Å². The van der Waals surface area contributed by atoms with Crippen LogP contribution >= 0.6 is 0 Å². The quantitative estimate of drug-likeness (QED) is 0.291. The van der Waals surface area contributed by atoms with Gasteiger partial charge in [-0.05, 0) is 6.42 Å². The first kappa shape index (κ1) is 12.6. The van der Waals surface area contributed by atoms with Crippen molar-refractivity contribution in [3.05, 3.63) is 17.5 Å². The lowest BCUT2D eigenvalue weighted by Gasteiger charge is -1.99. The minimum Gasteiger partial charge on any atom is -0.385 e. The van der Waals surface area contributed by atoms with Crippen LogP contribution in [-0.4, -0.2) is 31.4 Å². The Kier molecular flexibility index (Phi) is 5.48. The van der Waals surface area contributed by atoms with E-state index in [-0.39, 0.29) is 12.3 Å². The van der Waals surface area contributed by atoms with Crippen molar-refractivity contribution in [2.24, 2.45) is 5.84 Å². The number of hydrazine groups is 1. The number of carbonyl (C=O) groups is 1. The van der Waals surface area contributed by atoms with Crippen molar-refractivity contribution in [1.82, 2.24) is 10.6 Å². The molecule has 0 aliphatic carbocycles. The second kappa shape index (κ2) is 6.94. The third kappa shape index (κ3) is 3.97. The third-order valence-corrected chi connectivity index (χ3v) is 1.80. The van der Waals surface area contributed by atoms with Gasteiger partial charge in [0, 0.05) is 26.4 Å². The zero-order valence-electron chi connectivity index (χ0n) is 9.06. The van der Waals surface area contributed by atoms with Crippen LogP contribution < -0.4 is 11.3 Å². The Balaban J connectivity index is 2.27. The first-order valence-electron chi connectivity index (χ1n) is 4.81. The maximum atomic E-state index is 11.0. The van der Waals surface area contributed by atoms with Crippen LogP contribution in [0.2, 0.25) is 0 Å². The topological polar surface area (TPSA) is 99.6 Å². The molecule has 0 spiro atoms. The highest BCUT2D eigenvalue weighted by atomic mass is 16.5. The van der Waals surface area contributed by atoms with Crippen LogP contribution in [0.3, 0.4) is 0 Å². The highest BCUT2D eigenvalue weighted by Crippen LogP contribution is 2.05. The molecule has 0 fully saturated rings. The van der Waals surface area contributed by atoms with Crippen LogP contribution in [0.1, 0.15) is 22.7 Å². The first-order valence-corrected chi connectivity index (χ1v) is 4.81. The number of carbonyl (C=O) groups excluding carboxylic acids is 1. The van der Waals surface area contributed by atoms with Gasteiger partial charge in [0.1, 0.15) is 6.61 Å². The molecule has 0 aromatic carbocycles. The number of nitrogens with zero attached hydrogens (tertiary/aromatic N) is 1. The van der Waals surface area contributed by atoms with E-state index in [4.69, 9.17) is 19.8 Å². The summed E-state index contributed by atoms with van der Waals surface area (Å²) in [4.78, 5) is 11.0. The maximum Gasteiger partial charge on any atom is 0.287 e. The normalized spacial score (nSPS) is 10.4. The van der Waals surface area contributed by atoms with E-state index in [9.17, 15) is 4.79 Å². The van der Waals surface area contributed by atoms with Crippen LogP contribution in [0.25, 0.3) is 0 Å². The lowest BCUT2D eigenvalue weighted by molar-refractivity contribution is 0.0792. The van der Waals surface area contributed by atoms with Crippen LogP contribution in [0, 0.1) is 0 Å². The standard InChI is InChI=1S/C9H15N3O4/c1-14-3-2-4-15-6-7-5-8(12-16-7)9(13)11-10/h5H,2-4,6,10H2,1H3,(H,11,13). The molecule has 0 radical (unpaired) electrons. The molecule has 0 unspecified atom stereocenters. The molecule has 0 bridgehead atoms. The molecule has 1 amide bonds. The molecule has 90 valence electrons. The van der Waals surface area contributed by atoms with Gasteiger partial charge in [-0.3, -0.25) is 10.2 Å². The molecule has 0 aliphatic rings. The van der Waals surface area contributed by atoms with Crippen LogP contribution in [0.15, 0.2) is 10.6 Å². The average Bonchev–Trinajstić information content (AvgIpc) is 2.76. The number of nitrogens with two attached hydrogens (primary N) is 1. The molecule has 3 N–H and O–H groups in total. The molecule has 0 atom stereocenters. The molecule has 7 nitrogen and oxygen atoms in total. The summed E-state index contributed by atoms with van der Waals surface area (Å²) in [5.41, 5.74) is 2.10. The number of rotatable bonds is 7. The fourth-order valence-corrected chi connectivity index (χ4v) is 1.04. The molecule has 1 rings (SSSR count). The summed E-state index contributed by atoms with van der Waals surface area (Å²) in [7, 11) is 1.63. The molecule has 1 aromatic heterocycles. The van der Waals surface area contributed by atoms with E-state index in [2.05, 4.69) is 5.16 Å². The fourth-order valence-electron chi connectivity index (χ4n) is 1.04. The van der Waals surface area contributed by atoms with Gasteiger partial charge in [-0.25, -0.2) is 5.84 Å². The number of aromatic nitrogens is 1. The van der Waals surface area contributed by atoms with Crippen molar-refractivity contribution in [1.29, 1.82) is 0 Å². The van der Waals surface area contributed by atoms with Crippen molar-refractivity contribution < 1.29 is 18.8 Å². The first-order chi connectivity index (χ1) is 7.77. The Morgan fingerprint density at radius 3 is 3.12 bits per heavy atom. The van der Waals surface area contributed by atoms with Crippen molar-refractivity contribution >= 4 is 5.91 Å². The van der Waals surface area contributed by atoms with E-state index < -0.39 is 5.91 Å². The average molecular weight is 229 g/mol. The van der Waals surface area contributed by atoms with Crippen molar-refractivity contribution in [3.8, 4) is 0 Å². The van der Waals surface area contributed by atoms with Gasteiger partial charge in [-0.15, -0.1) is 0 Å². The van der Waals surface area contributed by atoms with E-state index in [0.717, 1.165) is 6.42 Å². The summed E-state index contributed by atoms with van der Waals surface area (Å²) in [6.45, 7) is 1.48. The third-order valence-electron chi connectivity index (χ3n) is 1.80. The summed E-state index contributed by atoms with van der Waals surface area (Å²) >= 11 is 0. The minimum atomic E-state index is -0.491. The van der Waals surface area contributed by atoms with Crippen molar-refractivity contribution in [3.63, 3.8) is 0 Å². The van der Waals surface area contributed by atoms with Gasteiger partial charge in [0.05, 0.1) is 0 Å². The van der Waals surface area contributed by atoms with Crippen LogP contribution in [0.5, 0.6) is 0 Å². The Morgan fingerprint density at radius 2 is 2.44 bits per heavy atom. The smallest absolute Gasteiger partial charge is 0.287 e. The monoisotopic (exact) mass is 229 g/mol. The summed E-state index contributed by atoms with van der Waals surface area (Å²) in [5, 5.41) is 3.53. The van der Waals surface area contributed by atoms with Gasteiger partial charge in [0.15, 0.2) is 11.5 Å². The Hall–Kier alpha value is -1.44. The van der Waals surface area contributed by atoms with Crippen LogP contribution in [-0.2, 0) is 16.1 Å². The summed E-state index contributed by atoms with van der Waals surface area (Å²) < 4.78 is 15.0. The molecule has 16 heavy (non-hydrogen) atoms. The zero-order chi connectivity index (χ0) is 11.8. The molecule has 0 aliphatic heterocycles. The number of nitrogens with one attached hydrogen (secondary N) is 1. The van der Waals surface area contributed by atoms with Crippen LogP contribution in [0.4, 0.5) is 0 Å². The van der Waals surface area contributed by atoms with Gasteiger partial charge in [0.25, 0.3) is 5.91 Å². The lowest BCUT2D eigenvalue weighted by Crippen LogP contribution is -2.30. The molecule has 0 saturated carbocycles. The second-order valence-electron chi connectivity index (χ2n) is 3.05. The number of nitrogen functional groups attached to an aromatic ring is 1. The number of amides is 1. The summed E-state index contributed by atoms with van der Waals surface area (Å²) in [5.74, 6) is 4.93. The number of hydrogen-bond acceptors (Lipinski definition) is 6. The van der Waals surface area contributed by atoms with E-state index in [1.54, 1.807) is 7.11 Å². The highest BCUT2D eigenvalue weighted by Gasteiger charge is 2.10. The van der Waals surface area contributed by atoms with E-state index in [1.165, 1.54) is 6.07 Å². The molecule has 1 heterocycles. The van der Waals surface area contributed by atoms with Gasteiger partial charge in [-0.1, -0.05) is 5.16 Å². The molecule has 7 heteroatoms. The predicted molar refractivity (Wildman–Crippen MR) is 54.3 cm³/mol. The fraction of sp³-hybridized carbons (Fsp3) is 0.556. The highest BCUT2D eigenvalue weighted by molar-refractivity contribution is 5.91. The summed E-state index contributed by atoms with van der Waals surface area (Å²) in [6, 6.07) is 1.48. The number of ether oxygens (including phenoxy) is 2. The van der Waals surface area contributed by atoms with Gasteiger partial charge in [0.2, 0.25) is 0 Å². The molecule has 1 aromatic rings. The Bertz CT molecular complexity index is 326. The van der Waals surface area contributed by atoms with Gasteiger partial charge in [-0.2, -0.15) is 0 Å². The molecular formula is C9H15N3O4.